The molecule has 2 aliphatic heterocycles. The molecule has 1 aromatic carbocycles. The van der Waals surface area contributed by atoms with E-state index in [0.29, 0.717) is 25.1 Å². The number of benzene rings is 1. The molecule has 0 unspecified atom stereocenters. The topological polar surface area (TPSA) is 244 Å². The number of rotatable bonds is 25. The lowest BCUT2D eigenvalue weighted by atomic mass is 9.98. The Morgan fingerprint density at radius 2 is 1.36 bits per heavy atom. The van der Waals surface area contributed by atoms with Gasteiger partial charge in [0.25, 0.3) is 0 Å². The molecule has 0 saturated carbocycles. The van der Waals surface area contributed by atoms with Gasteiger partial charge in [-0.2, -0.15) is 0 Å². The molecule has 1 aromatic heterocycles. The van der Waals surface area contributed by atoms with Gasteiger partial charge in [-0.1, -0.05) is 77.6 Å². The number of amides is 1. The second-order valence-electron chi connectivity index (χ2n) is 15.1. The maximum absolute atomic E-state index is 12.5. The quantitative estimate of drug-likeness (QED) is 0.0650. The van der Waals surface area contributed by atoms with Crippen LogP contribution in [0.2, 0.25) is 0 Å². The van der Waals surface area contributed by atoms with Crippen LogP contribution in [0.5, 0.6) is 5.75 Å². The predicted molar refractivity (Wildman–Crippen MR) is 203 cm³/mol. The van der Waals surface area contributed by atoms with Crippen molar-refractivity contribution in [2.75, 3.05) is 19.8 Å². The van der Waals surface area contributed by atoms with Crippen LogP contribution in [0.4, 0.5) is 0 Å². The third-order valence-corrected chi connectivity index (χ3v) is 10.8. The lowest BCUT2D eigenvalue weighted by Gasteiger charge is -2.42. The molecule has 314 valence electrons. The van der Waals surface area contributed by atoms with Crippen LogP contribution in [-0.4, -0.2) is 139 Å². The van der Waals surface area contributed by atoms with Crippen LogP contribution in [0.25, 0.3) is 10.9 Å². The molecular formula is C40H66N2O13. The van der Waals surface area contributed by atoms with Crippen LogP contribution < -0.4 is 10.1 Å². The Kier molecular flexibility index (Phi) is 19.5. The van der Waals surface area contributed by atoms with Crippen molar-refractivity contribution < 1.29 is 64.6 Å². The van der Waals surface area contributed by atoms with E-state index < -0.39 is 74.6 Å². The molecule has 2 aromatic rings. The molecule has 2 aliphatic rings. The SMILES string of the molecule is CC[C@H](O)CCCCCCCCCCCCCCC(=O)NCCc1c[nH]c2ccc(O[C@@H]3O[C@@H](CO[C@@H]4O[C@H](CO)[C@@H](O)[C@@H](O)[C@@H]4O)[C@@H](O)[C@H](O)[C@@H]3O)cc12. The monoisotopic (exact) mass is 782 g/mol. The third kappa shape index (κ3) is 13.9. The summed E-state index contributed by atoms with van der Waals surface area (Å²) in [6.07, 6.45) is 3.68. The molecule has 55 heavy (non-hydrogen) atoms. The average Bonchev–Trinajstić information content (AvgIpc) is 3.59. The summed E-state index contributed by atoms with van der Waals surface area (Å²) in [5.41, 5.74) is 1.78. The number of aromatic amines is 1. The van der Waals surface area contributed by atoms with E-state index >= 15 is 0 Å². The maximum Gasteiger partial charge on any atom is 0.229 e. The van der Waals surface area contributed by atoms with Gasteiger partial charge in [0.15, 0.2) is 6.29 Å². The highest BCUT2D eigenvalue weighted by Gasteiger charge is 2.48. The van der Waals surface area contributed by atoms with Crippen LogP contribution in [-0.2, 0) is 25.4 Å². The summed E-state index contributed by atoms with van der Waals surface area (Å²) in [5.74, 6) is 0.344. The van der Waals surface area contributed by atoms with Crippen LogP contribution in [0.1, 0.15) is 109 Å². The summed E-state index contributed by atoms with van der Waals surface area (Å²) < 4.78 is 22.5. The van der Waals surface area contributed by atoms with E-state index in [9.17, 15) is 45.6 Å². The third-order valence-electron chi connectivity index (χ3n) is 10.8. The van der Waals surface area contributed by atoms with Gasteiger partial charge in [0.2, 0.25) is 12.2 Å². The van der Waals surface area contributed by atoms with Gasteiger partial charge in [-0.3, -0.25) is 4.79 Å². The number of fused-ring (bicyclic) bond motifs is 1. The van der Waals surface area contributed by atoms with E-state index in [1.54, 1.807) is 18.2 Å². The first-order valence-electron chi connectivity index (χ1n) is 20.4. The minimum absolute atomic E-state index is 0.0299. The first-order valence-corrected chi connectivity index (χ1v) is 20.4. The lowest BCUT2D eigenvalue weighted by Crippen LogP contribution is -2.62. The van der Waals surface area contributed by atoms with Crippen LogP contribution in [0, 0.1) is 0 Å². The Bertz CT molecular complexity index is 1380. The molecule has 15 heteroatoms. The number of aliphatic hydroxyl groups excluding tert-OH is 8. The van der Waals surface area contributed by atoms with E-state index in [0.717, 1.165) is 55.0 Å². The van der Waals surface area contributed by atoms with Crippen molar-refractivity contribution in [3.8, 4) is 5.75 Å². The zero-order chi connectivity index (χ0) is 39.7. The smallest absolute Gasteiger partial charge is 0.229 e. The Morgan fingerprint density at radius 3 is 2.00 bits per heavy atom. The number of aliphatic hydroxyl groups is 8. The number of nitrogens with one attached hydrogen (secondary N) is 2. The molecule has 0 spiro atoms. The number of ether oxygens (including phenoxy) is 4. The van der Waals surface area contributed by atoms with Crippen molar-refractivity contribution in [1.82, 2.24) is 10.3 Å². The first-order chi connectivity index (χ1) is 26.5. The highest BCUT2D eigenvalue weighted by molar-refractivity contribution is 5.84. The molecule has 10 N–H and O–H groups in total. The summed E-state index contributed by atoms with van der Waals surface area (Å²) in [7, 11) is 0. The molecular weight excluding hydrogens is 716 g/mol. The Hall–Kier alpha value is -2.41. The Balaban J connectivity index is 1.13. The standard InChI is InChI=1S/C40H66N2O13/c1-2-26(44)15-13-11-9-7-5-3-4-6-8-10-12-14-16-32(45)41-20-19-25-22-42-29-18-17-27(21-28(25)29)53-40-38(51)36(49)34(47)31(55-40)24-52-39-37(50)35(48)33(46)30(23-43)54-39/h17-18,21-22,26,30-31,33-40,42-44,46-51H,2-16,19-20,23-24H2,1H3,(H,41,45)/t26-,30+,31-,33+,34+,35+,36-,37-,38-,39+,40+/m0/s1. The van der Waals surface area contributed by atoms with E-state index in [2.05, 4.69) is 10.3 Å². The average molecular weight is 783 g/mol. The van der Waals surface area contributed by atoms with Crippen LogP contribution in [0.15, 0.2) is 24.4 Å². The van der Waals surface area contributed by atoms with Crippen molar-refractivity contribution in [2.24, 2.45) is 0 Å². The second-order valence-corrected chi connectivity index (χ2v) is 15.1. The van der Waals surface area contributed by atoms with Crippen LogP contribution >= 0.6 is 0 Å². The number of aromatic nitrogens is 1. The lowest BCUT2D eigenvalue weighted by molar-refractivity contribution is -0.323. The fourth-order valence-corrected chi connectivity index (χ4v) is 7.18. The molecule has 1 amide bonds. The van der Waals surface area contributed by atoms with E-state index in [-0.39, 0.29) is 12.0 Å². The molecule has 2 fully saturated rings. The molecule has 3 heterocycles. The molecule has 4 rings (SSSR count). The van der Waals surface area contributed by atoms with Gasteiger partial charge in [-0.25, -0.2) is 0 Å². The zero-order valence-corrected chi connectivity index (χ0v) is 32.2. The van der Waals surface area contributed by atoms with Gasteiger partial charge in [-0.15, -0.1) is 0 Å². The van der Waals surface area contributed by atoms with Gasteiger partial charge < -0.3 is 70.1 Å². The number of H-pyrrole nitrogens is 1. The van der Waals surface area contributed by atoms with Crippen molar-refractivity contribution >= 4 is 16.8 Å². The number of carbonyl (C=O) groups excluding carboxylic acids is 1. The largest absolute Gasteiger partial charge is 0.462 e. The Labute approximate surface area is 324 Å². The summed E-state index contributed by atoms with van der Waals surface area (Å²) in [4.78, 5) is 15.7. The summed E-state index contributed by atoms with van der Waals surface area (Å²) in [6, 6.07) is 5.19. The number of carbonyl (C=O) groups is 1. The highest BCUT2D eigenvalue weighted by atomic mass is 16.7. The predicted octanol–water partition coefficient (Wildman–Crippen LogP) is 2.06. The minimum atomic E-state index is -1.68. The highest BCUT2D eigenvalue weighted by Crippen LogP contribution is 2.30. The second kappa shape index (κ2) is 23.7. The molecule has 11 atom stereocenters. The van der Waals surface area contributed by atoms with Gasteiger partial charge >= 0.3 is 0 Å². The van der Waals surface area contributed by atoms with Gasteiger partial charge in [0.1, 0.15) is 54.6 Å². The van der Waals surface area contributed by atoms with Crippen molar-refractivity contribution in [2.45, 2.75) is 177 Å². The molecule has 0 bridgehead atoms. The maximum atomic E-state index is 12.5. The zero-order valence-electron chi connectivity index (χ0n) is 32.2. The van der Waals surface area contributed by atoms with Gasteiger partial charge in [0.05, 0.1) is 19.3 Å². The van der Waals surface area contributed by atoms with Crippen molar-refractivity contribution in [1.29, 1.82) is 0 Å². The van der Waals surface area contributed by atoms with Crippen molar-refractivity contribution in [3.63, 3.8) is 0 Å². The first kappa shape index (κ1) is 45.3. The fraction of sp³-hybridized carbons (Fsp3) is 0.775. The van der Waals surface area contributed by atoms with E-state index in [1.165, 1.54) is 51.4 Å². The van der Waals surface area contributed by atoms with Crippen molar-refractivity contribution in [3.05, 3.63) is 30.0 Å². The van der Waals surface area contributed by atoms with Gasteiger partial charge in [0, 0.05) is 30.1 Å². The fourth-order valence-electron chi connectivity index (χ4n) is 7.18. The molecule has 0 radical (unpaired) electrons. The number of hydrogen-bond acceptors (Lipinski definition) is 13. The summed E-state index contributed by atoms with van der Waals surface area (Å²) in [6.45, 7) is 1.38. The number of hydrogen-bond donors (Lipinski definition) is 10. The van der Waals surface area contributed by atoms with E-state index in [1.807, 2.05) is 13.1 Å². The normalized spacial score (nSPS) is 29.0. The number of unbranched alkanes of at least 4 members (excludes halogenated alkanes) is 11. The van der Waals surface area contributed by atoms with Crippen LogP contribution in [0.3, 0.4) is 0 Å². The molecule has 2 saturated heterocycles. The minimum Gasteiger partial charge on any atom is -0.462 e. The summed E-state index contributed by atoms with van der Waals surface area (Å²) in [5, 5.41) is 84.9. The molecule has 15 nitrogen and oxygen atoms in total. The molecule has 0 aliphatic carbocycles. The van der Waals surface area contributed by atoms with E-state index in [4.69, 9.17) is 18.9 Å². The van der Waals surface area contributed by atoms with Gasteiger partial charge in [-0.05, 0) is 49.4 Å². The summed E-state index contributed by atoms with van der Waals surface area (Å²) >= 11 is 0. The Morgan fingerprint density at radius 1 is 0.782 bits per heavy atom.